The summed E-state index contributed by atoms with van der Waals surface area (Å²) in [6, 6.07) is 12.1. The highest BCUT2D eigenvalue weighted by Crippen LogP contribution is 2.42. The highest BCUT2D eigenvalue weighted by Gasteiger charge is 2.40. The highest BCUT2D eigenvalue weighted by atomic mass is 16.5. The summed E-state index contributed by atoms with van der Waals surface area (Å²) in [6.07, 6.45) is 3.59. The van der Waals surface area contributed by atoms with Gasteiger partial charge in [0.25, 0.3) is 5.91 Å². The molecule has 17 heteroatoms. The number of pyridine rings is 1. The third-order valence-corrected chi connectivity index (χ3v) is 14.1. The number of hydrogen-bond acceptors (Lipinski definition) is 11. The van der Waals surface area contributed by atoms with E-state index in [1.165, 1.54) is 9.91 Å². The maximum Gasteiger partial charge on any atom is 0.324 e. The van der Waals surface area contributed by atoms with Crippen LogP contribution in [0.15, 0.2) is 54.7 Å². The van der Waals surface area contributed by atoms with Crippen LogP contribution < -0.4 is 16.1 Å². The molecule has 8 rings (SSSR count). The number of nitrogens with zero attached hydrogens (tertiary/aromatic N) is 6. The van der Waals surface area contributed by atoms with Crippen LogP contribution in [0.5, 0.6) is 5.75 Å². The zero-order chi connectivity index (χ0) is 49.3. The average Bonchev–Trinajstić information content (AvgIpc) is 4.18. The predicted octanol–water partition coefficient (Wildman–Crippen LogP) is 5.03. The Bertz CT molecular complexity index is 2590. The number of methoxy groups -OCH3 is 1. The Balaban J connectivity index is 1.16. The second kappa shape index (κ2) is 20.5. The van der Waals surface area contributed by atoms with Gasteiger partial charge in [-0.15, -0.1) is 0 Å². The number of likely N-dealkylation sites (N-methyl/N-ethyl adjacent to an activating group) is 1. The number of fused-ring (bicyclic) bond motifs is 6. The van der Waals surface area contributed by atoms with Crippen LogP contribution in [-0.4, -0.2) is 148 Å². The maximum absolute atomic E-state index is 14.8. The quantitative estimate of drug-likeness (QED) is 0.130. The van der Waals surface area contributed by atoms with Crippen LogP contribution >= 0.6 is 0 Å². The summed E-state index contributed by atoms with van der Waals surface area (Å²) in [5, 5.41) is 19.9. The lowest BCUT2D eigenvalue weighted by molar-refractivity contribution is -0.155. The van der Waals surface area contributed by atoms with Crippen molar-refractivity contribution in [3.63, 3.8) is 0 Å². The Labute approximate surface area is 404 Å². The number of carbonyl (C=O) groups is 5. The van der Waals surface area contributed by atoms with Gasteiger partial charge in [-0.05, 0) is 104 Å². The first-order valence-electron chi connectivity index (χ1n) is 24.5. The van der Waals surface area contributed by atoms with Crippen molar-refractivity contribution in [2.45, 2.75) is 110 Å². The van der Waals surface area contributed by atoms with Crippen molar-refractivity contribution in [3.05, 3.63) is 71.5 Å². The van der Waals surface area contributed by atoms with Crippen LogP contribution in [0, 0.1) is 11.3 Å². The lowest BCUT2D eigenvalue weighted by Crippen LogP contribution is -2.62. The number of hydrogen-bond donors (Lipinski definition) is 4. The minimum absolute atomic E-state index is 0.00685. The van der Waals surface area contributed by atoms with Crippen LogP contribution in [0.1, 0.15) is 83.7 Å². The number of aryl methyl sites for hydroxylation is 1. The van der Waals surface area contributed by atoms with Crippen molar-refractivity contribution in [1.29, 1.82) is 0 Å². The molecule has 1 unspecified atom stereocenters. The zero-order valence-electron chi connectivity index (χ0n) is 41.3. The molecule has 4 N–H and O–H groups in total. The molecule has 2 aromatic carbocycles. The standard InChI is InChI=1S/C52H69N9O8/c1-9-60-43-16-15-34-27-38(43)39(46(60)37-13-10-17-53-44(37)32(4)68-8)28-52(5,6)30-69-50(66)40-14-11-20-61(56-40)49(65)41(25-33-23-35(34)26-36(62)24-33)55-47(63)45(31(2)3)57(7)51(67)59-19-12-18-58(21-22-59)48(64)42-29-54-42/h10,13,15-17,23-24,26-27,31-32,40-42,45,54,56,62H,9,11-12,14,18-22,25,28-30H2,1-8H3,(H,55,63)/t32-,40-,41-,42+,45?/m0/s1. The number of nitrogens with one attached hydrogen (secondary N) is 3. The zero-order valence-corrected chi connectivity index (χ0v) is 41.3. The van der Waals surface area contributed by atoms with E-state index in [0.29, 0.717) is 70.5 Å². The number of aromatic nitrogens is 2. The fourth-order valence-electron chi connectivity index (χ4n) is 10.4. The molecule has 5 amide bonds. The predicted molar refractivity (Wildman–Crippen MR) is 262 cm³/mol. The van der Waals surface area contributed by atoms with Gasteiger partial charge in [-0.2, -0.15) is 0 Å². The largest absolute Gasteiger partial charge is 0.508 e. The summed E-state index contributed by atoms with van der Waals surface area (Å²) >= 11 is 0. The van der Waals surface area contributed by atoms with E-state index in [9.17, 15) is 29.1 Å². The SMILES string of the molecule is CCn1c(-c2cccnc2[C@H](C)OC)c2c3cc(ccc31)-c1cc(O)cc(c1)C[C@H](NC(=O)C(C(C)C)N(C)C(=O)N1CCCN(C(=O)[C@H]3CN3)CC1)C(=O)N1CCC[C@H](N1)C(=O)OCC(C)(C)C2. The Kier molecular flexibility index (Phi) is 14.7. The summed E-state index contributed by atoms with van der Waals surface area (Å²) < 4.78 is 14.2. The first-order valence-corrected chi connectivity index (χ1v) is 24.5. The van der Waals surface area contributed by atoms with Crippen molar-refractivity contribution < 1.29 is 38.6 Å². The molecule has 3 fully saturated rings. The van der Waals surface area contributed by atoms with Gasteiger partial charge >= 0.3 is 12.0 Å². The second-order valence-electron chi connectivity index (χ2n) is 20.2. The highest BCUT2D eigenvalue weighted by molar-refractivity contribution is 5.96. The molecule has 0 spiro atoms. The molecule has 69 heavy (non-hydrogen) atoms. The fourth-order valence-corrected chi connectivity index (χ4v) is 10.4. The Morgan fingerprint density at radius 2 is 1.75 bits per heavy atom. The second-order valence-corrected chi connectivity index (χ2v) is 20.2. The molecule has 0 saturated carbocycles. The van der Waals surface area contributed by atoms with Gasteiger partial charge in [-0.1, -0.05) is 39.8 Å². The number of urea groups is 1. The number of esters is 1. The van der Waals surface area contributed by atoms with E-state index in [1.54, 1.807) is 42.3 Å². The van der Waals surface area contributed by atoms with E-state index in [0.717, 1.165) is 44.5 Å². The number of phenolic OH excluding ortho intramolecular Hbond substituents is 1. The number of cyclic esters (lactones) is 1. The summed E-state index contributed by atoms with van der Waals surface area (Å²) in [4.78, 5) is 80.1. The average molecular weight is 948 g/mol. The fraction of sp³-hybridized carbons (Fsp3) is 0.538. The molecular weight excluding hydrogens is 879 g/mol. The maximum atomic E-state index is 14.8. The van der Waals surface area contributed by atoms with Gasteiger partial charge < -0.3 is 44.5 Å². The van der Waals surface area contributed by atoms with E-state index >= 15 is 0 Å². The number of amides is 5. The molecule has 4 aromatic rings. The van der Waals surface area contributed by atoms with Crippen molar-refractivity contribution in [1.82, 2.24) is 45.3 Å². The minimum atomic E-state index is -1.16. The molecule has 6 heterocycles. The van der Waals surface area contributed by atoms with Gasteiger partial charge in [0.05, 0.1) is 30.1 Å². The van der Waals surface area contributed by atoms with E-state index in [2.05, 4.69) is 59.6 Å². The first-order chi connectivity index (χ1) is 33.0. The molecule has 0 radical (unpaired) electrons. The number of benzene rings is 2. The topological polar surface area (TPSA) is 201 Å². The number of rotatable bonds is 9. The Hall–Kier alpha value is -6.04. The van der Waals surface area contributed by atoms with Crippen LogP contribution in [0.4, 0.5) is 4.79 Å². The minimum Gasteiger partial charge on any atom is -0.508 e. The number of aromatic hydroxyl groups is 1. The van der Waals surface area contributed by atoms with Gasteiger partial charge in [0.2, 0.25) is 11.8 Å². The van der Waals surface area contributed by atoms with Gasteiger partial charge in [0, 0.05) is 94.5 Å². The van der Waals surface area contributed by atoms with Crippen LogP contribution in [-0.2, 0) is 48.0 Å². The van der Waals surface area contributed by atoms with Gasteiger partial charge in [0.15, 0.2) is 0 Å². The third kappa shape index (κ3) is 10.6. The molecular formula is C52H69N9O8. The number of ether oxygens (including phenoxy) is 2. The van der Waals surface area contributed by atoms with Gasteiger partial charge in [-0.3, -0.25) is 29.2 Å². The molecule has 0 aliphatic carbocycles. The lowest BCUT2D eigenvalue weighted by Gasteiger charge is -2.37. The third-order valence-electron chi connectivity index (χ3n) is 14.1. The summed E-state index contributed by atoms with van der Waals surface area (Å²) in [6.45, 7) is 15.4. The summed E-state index contributed by atoms with van der Waals surface area (Å²) in [5.41, 5.74) is 9.57. The number of carbonyl (C=O) groups excluding carboxylic acids is 5. The van der Waals surface area contributed by atoms with E-state index in [1.807, 2.05) is 39.0 Å². The van der Waals surface area contributed by atoms with Gasteiger partial charge in [-0.25, -0.2) is 10.2 Å². The van der Waals surface area contributed by atoms with Crippen molar-refractivity contribution in [3.8, 4) is 28.1 Å². The Morgan fingerprint density at radius 1 is 1.00 bits per heavy atom. The molecule has 370 valence electrons. The van der Waals surface area contributed by atoms with Crippen LogP contribution in [0.25, 0.3) is 33.3 Å². The molecule has 17 nitrogen and oxygen atoms in total. The molecule has 4 aliphatic heterocycles. The molecule has 6 bridgehead atoms. The van der Waals surface area contributed by atoms with Crippen LogP contribution in [0.2, 0.25) is 0 Å². The van der Waals surface area contributed by atoms with Gasteiger partial charge in [0.1, 0.15) is 23.9 Å². The monoisotopic (exact) mass is 948 g/mol. The van der Waals surface area contributed by atoms with E-state index < -0.39 is 41.3 Å². The van der Waals surface area contributed by atoms with Crippen LogP contribution in [0.3, 0.4) is 0 Å². The van der Waals surface area contributed by atoms with E-state index in [4.69, 9.17) is 14.5 Å². The van der Waals surface area contributed by atoms with E-state index in [-0.39, 0.29) is 55.3 Å². The van der Waals surface area contributed by atoms with Crippen molar-refractivity contribution >= 4 is 40.6 Å². The first kappa shape index (κ1) is 49.4. The smallest absolute Gasteiger partial charge is 0.324 e. The van der Waals surface area contributed by atoms with Crippen molar-refractivity contribution in [2.75, 3.05) is 60.0 Å². The summed E-state index contributed by atoms with van der Waals surface area (Å²) in [7, 11) is 3.27. The Morgan fingerprint density at radius 3 is 2.48 bits per heavy atom. The summed E-state index contributed by atoms with van der Waals surface area (Å²) in [5.74, 6) is -1.78. The normalized spacial score (nSPS) is 21.8. The lowest BCUT2D eigenvalue weighted by atomic mass is 9.84. The number of phenols is 1. The van der Waals surface area contributed by atoms with Crippen molar-refractivity contribution in [2.24, 2.45) is 11.3 Å². The number of hydrazine groups is 1. The molecule has 2 aromatic heterocycles. The molecule has 4 aliphatic rings. The molecule has 3 saturated heterocycles. The molecule has 5 atom stereocenters.